The highest BCUT2D eigenvalue weighted by Crippen LogP contribution is 2.22. The minimum atomic E-state index is -0.493. The van der Waals surface area contributed by atoms with Gasteiger partial charge in [-0.1, -0.05) is 37.3 Å². The van der Waals surface area contributed by atoms with Crippen LogP contribution in [0.15, 0.2) is 36.4 Å². The molecule has 0 radical (unpaired) electrons. The third kappa shape index (κ3) is 5.10. The van der Waals surface area contributed by atoms with Crippen molar-refractivity contribution in [3.05, 3.63) is 53.3 Å². The van der Waals surface area contributed by atoms with E-state index in [4.69, 9.17) is 0 Å². The maximum atomic E-state index is 13.4. The zero-order valence-electron chi connectivity index (χ0n) is 19.5. The molecule has 1 saturated heterocycles. The SMILES string of the molecule is CCC(C)NC(=O)C1CCCCN1C(=O)c1cc2n(n1)CCCN(Cc1ccccc1)C2=O. The van der Waals surface area contributed by atoms with Crippen LogP contribution in [0.4, 0.5) is 0 Å². The standard InChI is InChI=1S/C25H33N5O3/c1-3-18(2)26-23(31)21-12-7-8-14-29(21)24(32)20-16-22-25(33)28(13-9-15-30(22)27-20)17-19-10-5-4-6-11-19/h4-6,10-11,16,18,21H,3,7-9,12-15,17H2,1-2H3,(H,26,31). The van der Waals surface area contributed by atoms with Gasteiger partial charge in [0.1, 0.15) is 11.7 Å². The van der Waals surface area contributed by atoms with Gasteiger partial charge in [-0.05, 0) is 44.6 Å². The number of fused-ring (bicyclic) bond motifs is 1. The summed E-state index contributed by atoms with van der Waals surface area (Å²) >= 11 is 0. The van der Waals surface area contributed by atoms with Gasteiger partial charge in [-0.25, -0.2) is 0 Å². The Kier molecular flexibility index (Phi) is 7.11. The topological polar surface area (TPSA) is 87.5 Å². The molecule has 0 bridgehead atoms. The molecule has 2 aliphatic rings. The van der Waals surface area contributed by atoms with Gasteiger partial charge in [0.15, 0.2) is 5.69 Å². The number of aromatic nitrogens is 2. The summed E-state index contributed by atoms with van der Waals surface area (Å²) in [5.74, 6) is -0.502. The number of nitrogens with zero attached hydrogens (tertiary/aromatic N) is 4. The predicted octanol–water partition coefficient (Wildman–Crippen LogP) is 2.84. The summed E-state index contributed by atoms with van der Waals surface area (Å²) in [6.45, 7) is 6.25. The number of piperidine rings is 1. The second kappa shape index (κ2) is 10.2. The number of aryl methyl sites for hydroxylation is 1. The maximum absolute atomic E-state index is 13.4. The van der Waals surface area contributed by atoms with Crippen LogP contribution < -0.4 is 5.32 Å². The number of rotatable bonds is 6. The molecule has 1 N–H and O–H groups in total. The molecule has 176 valence electrons. The molecule has 0 spiro atoms. The lowest BCUT2D eigenvalue weighted by atomic mass is 10.0. The van der Waals surface area contributed by atoms with Crippen molar-refractivity contribution >= 4 is 17.7 Å². The van der Waals surface area contributed by atoms with E-state index in [0.29, 0.717) is 38.3 Å². The Labute approximate surface area is 194 Å². The molecule has 2 atom stereocenters. The van der Waals surface area contributed by atoms with Crippen LogP contribution in [0.5, 0.6) is 0 Å². The fraction of sp³-hybridized carbons (Fsp3) is 0.520. The quantitative estimate of drug-likeness (QED) is 0.732. The number of amides is 3. The zero-order valence-corrected chi connectivity index (χ0v) is 19.5. The molecular weight excluding hydrogens is 418 g/mol. The minimum Gasteiger partial charge on any atom is -0.352 e. The lowest BCUT2D eigenvalue weighted by molar-refractivity contribution is -0.127. The Morgan fingerprint density at radius 2 is 1.91 bits per heavy atom. The van der Waals surface area contributed by atoms with Gasteiger partial charge in [-0.2, -0.15) is 5.10 Å². The number of nitrogens with one attached hydrogen (secondary N) is 1. The summed E-state index contributed by atoms with van der Waals surface area (Å²) < 4.78 is 1.65. The molecule has 1 aromatic carbocycles. The Hall–Kier alpha value is -3.16. The van der Waals surface area contributed by atoms with Crippen molar-refractivity contribution in [1.82, 2.24) is 24.9 Å². The van der Waals surface area contributed by atoms with E-state index < -0.39 is 6.04 Å². The Bertz CT molecular complexity index is 1000. The molecule has 2 aromatic rings. The van der Waals surface area contributed by atoms with E-state index in [2.05, 4.69) is 10.4 Å². The number of hydrogen-bond acceptors (Lipinski definition) is 4. The highest BCUT2D eigenvalue weighted by Gasteiger charge is 2.35. The van der Waals surface area contributed by atoms with E-state index >= 15 is 0 Å². The third-order valence-corrected chi connectivity index (χ3v) is 6.59. The number of carbonyl (C=O) groups is 3. The smallest absolute Gasteiger partial charge is 0.275 e. The van der Waals surface area contributed by atoms with E-state index in [1.54, 1.807) is 15.6 Å². The van der Waals surface area contributed by atoms with Crippen molar-refractivity contribution in [3.8, 4) is 0 Å². The van der Waals surface area contributed by atoms with Crippen LogP contribution in [0.3, 0.4) is 0 Å². The number of benzene rings is 1. The first-order chi connectivity index (χ1) is 16.0. The number of hydrogen-bond donors (Lipinski definition) is 1. The van der Waals surface area contributed by atoms with Crippen LogP contribution >= 0.6 is 0 Å². The molecule has 2 aliphatic heterocycles. The second-order valence-corrected chi connectivity index (χ2v) is 9.03. The monoisotopic (exact) mass is 451 g/mol. The largest absolute Gasteiger partial charge is 0.352 e. The normalized spacial score (nSPS) is 19.6. The summed E-state index contributed by atoms with van der Waals surface area (Å²) in [6.07, 6.45) is 4.02. The first kappa shape index (κ1) is 23.0. The average molecular weight is 452 g/mol. The molecule has 1 aromatic heterocycles. The summed E-state index contributed by atoms with van der Waals surface area (Å²) in [5, 5.41) is 7.50. The van der Waals surface area contributed by atoms with Gasteiger partial charge in [0.05, 0.1) is 0 Å². The fourth-order valence-electron chi connectivity index (χ4n) is 4.53. The predicted molar refractivity (Wildman–Crippen MR) is 125 cm³/mol. The van der Waals surface area contributed by atoms with E-state index in [1.165, 1.54) is 0 Å². The number of carbonyl (C=O) groups excluding carboxylic acids is 3. The van der Waals surface area contributed by atoms with Gasteiger partial charge < -0.3 is 15.1 Å². The molecule has 0 aliphatic carbocycles. The summed E-state index contributed by atoms with van der Waals surface area (Å²) in [7, 11) is 0. The summed E-state index contributed by atoms with van der Waals surface area (Å²) in [4.78, 5) is 42.9. The molecule has 3 amide bonds. The third-order valence-electron chi connectivity index (χ3n) is 6.59. The van der Waals surface area contributed by atoms with Crippen LogP contribution in [0.1, 0.15) is 72.5 Å². The molecular formula is C25H33N5O3. The molecule has 0 saturated carbocycles. The van der Waals surface area contributed by atoms with Gasteiger partial charge >= 0.3 is 0 Å². The number of likely N-dealkylation sites (tertiary alicyclic amines) is 1. The van der Waals surface area contributed by atoms with Crippen molar-refractivity contribution < 1.29 is 14.4 Å². The van der Waals surface area contributed by atoms with Crippen molar-refractivity contribution in [2.75, 3.05) is 13.1 Å². The molecule has 3 heterocycles. The van der Waals surface area contributed by atoms with Gasteiger partial charge in [0.2, 0.25) is 5.91 Å². The lowest BCUT2D eigenvalue weighted by Crippen LogP contribution is -2.53. The van der Waals surface area contributed by atoms with Crippen LogP contribution in [-0.2, 0) is 17.9 Å². The van der Waals surface area contributed by atoms with Crippen LogP contribution in [0, 0.1) is 0 Å². The highest BCUT2D eigenvalue weighted by molar-refractivity contribution is 5.99. The molecule has 2 unspecified atom stereocenters. The minimum absolute atomic E-state index is 0.0632. The first-order valence-electron chi connectivity index (χ1n) is 12.0. The summed E-state index contributed by atoms with van der Waals surface area (Å²) in [5.41, 5.74) is 1.74. The first-order valence-corrected chi connectivity index (χ1v) is 12.0. The Morgan fingerprint density at radius 3 is 2.67 bits per heavy atom. The Balaban J connectivity index is 1.53. The van der Waals surface area contributed by atoms with E-state index in [0.717, 1.165) is 31.2 Å². The van der Waals surface area contributed by atoms with E-state index in [1.807, 2.05) is 49.1 Å². The van der Waals surface area contributed by atoms with Gasteiger partial charge in [0, 0.05) is 38.3 Å². The summed E-state index contributed by atoms with van der Waals surface area (Å²) in [6, 6.07) is 11.1. The van der Waals surface area contributed by atoms with Crippen LogP contribution in [0.25, 0.3) is 0 Å². The molecule has 1 fully saturated rings. The van der Waals surface area contributed by atoms with Crippen LogP contribution in [0.2, 0.25) is 0 Å². The van der Waals surface area contributed by atoms with Crippen molar-refractivity contribution in [1.29, 1.82) is 0 Å². The average Bonchev–Trinajstić information content (AvgIpc) is 3.21. The zero-order chi connectivity index (χ0) is 23.4. The Morgan fingerprint density at radius 1 is 1.12 bits per heavy atom. The fourth-order valence-corrected chi connectivity index (χ4v) is 4.53. The van der Waals surface area contributed by atoms with E-state index in [9.17, 15) is 14.4 Å². The second-order valence-electron chi connectivity index (χ2n) is 9.03. The molecule has 33 heavy (non-hydrogen) atoms. The van der Waals surface area contributed by atoms with Crippen molar-refractivity contribution in [2.24, 2.45) is 0 Å². The maximum Gasteiger partial charge on any atom is 0.275 e. The van der Waals surface area contributed by atoms with Crippen LogP contribution in [-0.4, -0.2) is 62.5 Å². The van der Waals surface area contributed by atoms with Gasteiger partial charge in [0.25, 0.3) is 11.8 Å². The van der Waals surface area contributed by atoms with Gasteiger partial charge in [-0.15, -0.1) is 0 Å². The highest BCUT2D eigenvalue weighted by atomic mass is 16.2. The van der Waals surface area contributed by atoms with Crippen molar-refractivity contribution in [2.45, 2.75) is 71.1 Å². The molecule has 4 rings (SSSR count). The van der Waals surface area contributed by atoms with Gasteiger partial charge in [-0.3, -0.25) is 19.1 Å². The van der Waals surface area contributed by atoms with Crippen molar-refractivity contribution in [3.63, 3.8) is 0 Å². The van der Waals surface area contributed by atoms with E-state index in [-0.39, 0.29) is 29.5 Å². The molecule has 8 nitrogen and oxygen atoms in total. The molecule has 8 heteroatoms. The lowest BCUT2D eigenvalue weighted by Gasteiger charge is -2.34.